The SMILES string of the molecule is CN=C(NCCOCCC(C)C)NCc1ccccc1OC(F)F.I. The summed E-state index contributed by atoms with van der Waals surface area (Å²) < 4.78 is 34.8. The average Bonchev–Trinajstić information content (AvgIpc) is 2.54. The molecule has 1 rings (SSSR count). The Morgan fingerprint density at radius 3 is 2.52 bits per heavy atom. The van der Waals surface area contributed by atoms with Crippen molar-refractivity contribution in [3.63, 3.8) is 0 Å². The molecule has 0 aliphatic carbocycles. The number of para-hydroxylation sites is 1. The van der Waals surface area contributed by atoms with Gasteiger partial charge in [0, 0.05) is 32.3 Å². The highest BCUT2D eigenvalue weighted by atomic mass is 127. The summed E-state index contributed by atoms with van der Waals surface area (Å²) in [6, 6.07) is 6.67. The minimum atomic E-state index is -2.84. The first-order valence-electron chi connectivity index (χ1n) is 8.08. The van der Waals surface area contributed by atoms with Crippen molar-refractivity contribution in [2.45, 2.75) is 33.4 Å². The smallest absolute Gasteiger partial charge is 0.387 e. The molecule has 5 nitrogen and oxygen atoms in total. The van der Waals surface area contributed by atoms with Crippen molar-refractivity contribution in [2.75, 3.05) is 26.8 Å². The molecule has 8 heteroatoms. The standard InChI is InChI=1S/C17H27F2N3O2.HI/c1-13(2)8-10-23-11-9-21-17(20-3)22-12-14-6-4-5-7-15(14)24-16(18)19;/h4-7,13,16H,8-12H2,1-3H3,(H2,20,21,22);1H. The highest BCUT2D eigenvalue weighted by Crippen LogP contribution is 2.19. The molecule has 0 spiro atoms. The molecule has 0 aliphatic rings. The highest BCUT2D eigenvalue weighted by molar-refractivity contribution is 14.0. The summed E-state index contributed by atoms with van der Waals surface area (Å²) in [6.07, 6.45) is 1.04. The largest absolute Gasteiger partial charge is 0.434 e. The average molecular weight is 471 g/mol. The summed E-state index contributed by atoms with van der Waals surface area (Å²) in [5.74, 6) is 1.37. The van der Waals surface area contributed by atoms with E-state index in [2.05, 4.69) is 34.2 Å². The van der Waals surface area contributed by atoms with Crippen LogP contribution in [-0.2, 0) is 11.3 Å². The van der Waals surface area contributed by atoms with E-state index in [0.717, 1.165) is 13.0 Å². The topological polar surface area (TPSA) is 54.9 Å². The molecule has 0 saturated carbocycles. The first-order chi connectivity index (χ1) is 11.5. The lowest BCUT2D eigenvalue weighted by molar-refractivity contribution is -0.0504. The summed E-state index contributed by atoms with van der Waals surface area (Å²) in [5, 5.41) is 6.18. The Morgan fingerprint density at radius 2 is 1.88 bits per heavy atom. The van der Waals surface area contributed by atoms with Gasteiger partial charge in [-0.15, -0.1) is 24.0 Å². The molecule has 1 aromatic rings. The van der Waals surface area contributed by atoms with E-state index in [1.807, 2.05) is 0 Å². The molecule has 1 aromatic carbocycles. The van der Waals surface area contributed by atoms with Crippen molar-refractivity contribution in [3.8, 4) is 5.75 Å². The van der Waals surface area contributed by atoms with Crippen molar-refractivity contribution < 1.29 is 18.3 Å². The molecular formula is C17H28F2IN3O2. The van der Waals surface area contributed by atoms with E-state index >= 15 is 0 Å². The second kappa shape index (κ2) is 14.1. The number of nitrogens with one attached hydrogen (secondary N) is 2. The van der Waals surface area contributed by atoms with Crippen LogP contribution in [0.3, 0.4) is 0 Å². The van der Waals surface area contributed by atoms with E-state index < -0.39 is 6.61 Å². The summed E-state index contributed by atoms with van der Waals surface area (Å²) in [4.78, 5) is 4.09. The van der Waals surface area contributed by atoms with Crippen molar-refractivity contribution >= 4 is 29.9 Å². The second-order valence-electron chi connectivity index (χ2n) is 5.63. The number of alkyl halides is 2. The van der Waals surface area contributed by atoms with Crippen LogP contribution in [0.4, 0.5) is 8.78 Å². The van der Waals surface area contributed by atoms with Crippen LogP contribution in [0.15, 0.2) is 29.3 Å². The molecular weight excluding hydrogens is 443 g/mol. The zero-order chi connectivity index (χ0) is 17.8. The molecule has 144 valence electrons. The maximum Gasteiger partial charge on any atom is 0.387 e. The Balaban J connectivity index is 0.00000576. The van der Waals surface area contributed by atoms with Crippen LogP contribution in [0.1, 0.15) is 25.8 Å². The lowest BCUT2D eigenvalue weighted by Crippen LogP contribution is -2.38. The van der Waals surface area contributed by atoms with E-state index in [0.29, 0.717) is 37.1 Å². The third kappa shape index (κ3) is 11.1. The van der Waals surface area contributed by atoms with E-state index in [1.54, 1.807) is 25.2 Å². The first-order valence-corrected chi connectivity index (χ1v) is 8.08. The maximum atomic E-state index is 12.4. The Kier molecular flexibility index (Phi) is 13.4. The zero-order valence-corrected chi connectivity index (χ0v) is 17.3. The fraction of sp³-hybridized carbons (Fsp3) is 0.588. The van der Waals surface area contributed by atoms with Crippen LogP contribution in [-0.4, -0.2) is 39.4 Å². The first kappa shape index (κ1) is 23.8. The van der Waals surface area contributed by atoms with Crippen molar-refractivity contribution in [3.05, 3.63) is 29.8 Å². The van der Waals surface area contributed by atoms with Gasteiger partial charge in [-0.2, -0.15) is 8.78 Å². The fourth-order valence-electron chi connectivity index (χ4n) is 1.92. The lowest BCUT2D eigenvalue weighted by atomic mass is 10.1. The normalized spacial score (nSPS) is 11.4. The molecule has 0 amide bonds. The molecule has 25 heavy (non-hydrogen) atoms. The molecule has 0 fully saturated rings. The van der Waals surface area contributed by atoms with E-state index in [1.165, 1.54) is 6.07 Å². The molecule has 0 bridgehead atoms. The molecule has 0 heterocycles. The minimum Gasteiger partial charge on any atom is -0.434 e. The van der Waals surface area contributed by atoms with Gasteiger partial charge in [0.1, 0.15) is 5.75 Å². The number of hydrogen-bond donors (Lipinski definition) is 2. The summed E-state index contributed by atoms with van der Waals surface area (Å²) in [7, 11) is 1.65. The number of rotatable bonds is 10. The van der Waals surface area contributed by atoms with E-state index in [9.17, 15) is 8.78 Å². The molecule has 2 N–H and O–H groups in total. The van der Waals surface area contributed by atoms with Gasteiger partial charge in [-0.05, 0) is 18.4 Å². The monoisotopic (exact) mass is 471 g/mol. The lowest BCUT2D eigenvalue weighted by Gasteiger charge is -2.14. The van der Waals surface area contributed by atoms with Gasteiger partial charge in [-0.3, -0.25) is 4.99 Å². The minimum absolute atomic E-state index is 0. The van der Waals surface area contributed by atoms with Crippen molar-refractivity contribution in [2.24, 2.45) is 10.9 Å². The third-order valence-corrected chi connectivity index (χ3v) is 3.24. The zero-order valence-electron chi connectivity index (χ0n) is 14.9. The molecule has 0 atom stereocenters. The van der Waals surface area contributed by atoms with Crippen LogP contribution in [0, 0.1) is 5.92 Å². The van der Waals surface area contributed by atoms with Crippen LogP contribution >= 0.6 is 24.0 Å². The van der Waals surface area contributed by atoms with Crippen LogP contribution in [0.5, 0.6) is 5.75 Å². The Bertz CT molecular complexity index is 503. The summed E-state index contributed by atoms with van der Waals surface area (Å²) in [6.45, 7) is 3.74. The number of aliphatic imine (C=N–C) groups is 1. The fourth-order valence-corrected chi connectivity index (χ4v) is 1.92. The van der Waals surface area contributed by atoms with Gasteiger partial charge in [0.2, 0.25) is 0 Å². The molecule has 0 radical (unpaired) electrons. The number of guanidine groups is 1. The van der Waals surface area contributed by atoms with Crippen LogP contribution in [0.2, 0.25) is 0 Å². The van der Waals surface area contributed by atoms with Gasteiger partial charge >= 0.3 is 6.61 Å². The van der Waals surface area contributed by atoms with E-state index in [4.69, 9.17) is 4.74 Å². The number of hydrogen-bond acceptors (Lipinski definition) is 3. The predicted molar refractivity (Wildman–Crippen MR) is 107 cm³/mol. The molecule has 0 saturated heterocycles. The number of benzene rings is 1. The quantitative estimate of drug-likeness (QED) is 0.237. The van der Waals surface area contributed by atoms with Gasteiger partial charge in [0.15, 0.2) is 5.96 Å². The summed E-state index contributed by atoms with van der Waals surface area (Å²) >= 11 is 0. The number of ether oxygens (including phenoxy) is 2. The van der Waals surface area contributed by atoms with E-state index in [-0.39, 0.29) is 29.7 Å². The van der Waals surface area contributed by atoms with Crippen LogP contribution < -0.4 is 15.4 Å². The van der Waals surface area contributed by atoms with Gasteiger partial charge in [-0.1, -0.05) is 32.0 Å². The van der Waals surface area contributed by atoms with Gasteiger partial charge in [0.05, 0.1) is 6.61 Å². The van der Waals surface area contributed by atoms with Crippen molar-refractivity contribution in [1.29, 1.82) is 0 Å². The van der Waals surface area contributed by atoms with Gasteiger partial charge in [-0.25, -0.2) is 0 Å². The maximum absolute atomic E-state index is 12.4. The van der Waals surface area contributed by atoms with Crippen molar-refractivity contribution in [1.82, 2.24) is 10.6 Å². The Hall–Kier alpha value is -1.16. The molecule has 0 aliphatic heterocycles. The van der Waals surface area contributed by atoms with Gasteiger partial charge < -0.3 is 20.1 Å². The number of nitrogens with zero attached hydrogens (tertiary/aromatic N) is 1. The molecule has 0 unspecified atom stereocenters. The second-order valence-corrected chi connectivity index (χ2v) is 5.63. The molecule has 0 aromatic heterocycles. The summed E-state index contributed by atoms with van der Waals surface area (Å²) in [5.41, 5.74) is 0.633. The highest BCUT2D eigenvalue weighted by Gasteiger charge is 2.09. The Morgan fingerprint density at radius 1 is 1.16 bits per heavy atom. The van der Waals surface area contributed by atoms with Crippen LogP contribution in [0.25, 0.3) is 0 Å². The van der Waals surface area contributed by atoms with Gasteiger partial charge in [0.25, 0.3) is 0 Å². The number of halogens is 3. The Labute approximate surface area is 165 Å². The predicted octanol–water partition coefficient (Wildman–Crippen LogP) is 3.63. The third-order valence-electron chi connectivity index (χ3n) is 3.24.